The van der Waals surface area contributed by atoms with E-state index in [9.17, 15) is 9.90 Å². The van der Waals surface area contributed by atoms with Crippen molar-refractivity contribution >= 4 is 5.91 Å². The van der Waals surface area contributed by atoms with Crippen LogP contribution in [0, 0.1) is 0 Å². The highest BCUT2D eigenvalue weighted by molar-refractivity contribution is 5.82. The van der Waals surface area contributed by atoms with Crippen LogP contribution in [0.5, 0.6) is 11.5 Å². The van der Waals surface area contributed by atoms with E-state index in [2.05, 4.69) is 0 Å². The van der Waals surface area contributed by atoms with Gasteiger partial charge in [-0.3, -0.25) is 4.79 Å². The summed E-state index contributed by atoms with van der Waals surface area (Å²) in [6, 6.07) is 7.35. The number of hydrogen-bond donors (Lipinski definition) is 1. The largest absolute Gasteiger partial charge is 0.485 e. The van der Waals surface area contributed by atoms with Gasteiger partial charge in [0, 0.05) is 13.1 Å². The molecule has 0 radical (unpaired) electrons. The van der Waals surface area contributed by atoms with Crippen molar-refractivity contribution in [1.29, 1.82) is 0 Å². The Balaban J connectivity index is 1.66. The molecule has 5 heteroatoms. The number of carbonyl (C=O) groups is 1. The van der Waals surface area contributed by atoms with Crippen LogP contribution in [0.4, 0.5) is 0 Å². The van der Waals surface area contributed by atoms with Crippen molar-refractivity contribution in [2.45, 2.75) is 25.0 Å². The number of amides is 1. The Morgan fingerprint density at radius 3 is 2.63 bits per heavy atom. The van der Waals surface area contributed by atoms with Crippen molar-refractivity contribution in [3.05, 3.63) is 24.3 Å². The molecule has 1 saturated heterocycles. The lowest BCUT2D eigenvalue weighted by Crippen LogP contribution is -2.49. The number of likely N-dealkylation sites (tertiary alicyclic amines) is 1. The third-order valence-electron chi connectivity index (χ3n) is 3.56. The molecule has 1 N–H and O–H groups in total. The molecule has 1 aromatic rings. The van der Waals surface area contributed by atoms with Crippen LogP contribution in [-0.2, 0) is 4.79 Å². The normalized spacial score (nSPS) is 23.2. The zero-order valence-electron chi connectivity index (χ0n) is 10.6. The summed E-state index contributed by atoms with van der Waals surface area (Å²) in [7, 11) is 0. The smallest absolute Gasteiger partial charge is 0.267 e. The van der Waals surface area contributed by atoms with Gasteiger partial charge in [-0.05, 0) is 25.0 Å². The molecular formula is C14H17NO4. The Bertz CT molecular complexity index is 468. The van der Waals surface area contributed by atoms with Gasteiger partial charge in [0.25, 0.3) is 5.91 Å². The van der Waals surface area contributed by atoms with Gasteiger partial charge < -0.3 is 19.5 Å². The number of ether oxygens (including phenoxy) is 2. The average Bonchev–Trinajstić information content (AvgIpc) is 2.47. The molecule has 1 atom stereocenters. The Kier molecular flexibility index (Phi) is 3.29. The van der Waals surface area contributed by atoms with Crippen molar-refractivity contribution in [3.8, 4) is 11.5 Å². The van der Waals surface area contributed by atoms with Crippen LogP contribution in [0.1, 0.15) is 12.8 Å². The number of carbonyl (C=O) groups excluding carboxylic acids is 1. The van der Waals surface area contributed by atoms with Crippen LogP contribution < -0.4 is 9.47 Å². The van der Waals surface area contributed by atoms with Crippen molar-refractivity contribution in [1.82, 2.24) is 4.90 Å². The zero-order chi connectivity index (χ0) is 13.2. The minimum atomic E-state index is -0.579. The van der Waals surface area contributed by atoms with E-state index in [1.807, 2.05) is 18.2 Å². The van der Waals surface area contributed by atoms with Crippen molar-refractivity contribution < 1.29 is 19.4 Å². The SMILES string of the molecule is O=C(C1COc2ccccc2O1)N1CCC(O)CC1. The number of rotatable bonds is 1. The van der Waals surface area contributed by atoms with Crippen molar-refractivity contribution in [3.63, 3.8) is 0 Å². The second kappa shape index (κ2) is 5.09. The molecule has 1 amide bonds. The fourth-order valence-corrected chi connectivity index (χ4v) is 2.43. The van der Waals surface area contributed by atoms with Gasteiger partial charge in [-0.15, -0.1) is 0 Å². The molecule has 2 aliphatic rings. The second-order valence-electron chi connectivity index (χ2n) is 4.92. The Morgan fingerprint density at radius 1 is 1.21 bits per heavy atom. The summed E-state index contributed by atoms with van der Waals surface area (Å²) < 4.78 is 11.2. The Morgan fingerprint density at radius 2 is 1.89 bits per heavy atom. The van der Waals surface area contributed by atoms with Crippen LogP contribution in [0.15, 0.2) is 24.3 Å². The average molecular weight is 263 g/mol. The van der Waals surface area contributed by atoms with E-state index < -0.39 is 6.10 Å². The van der Waals surface area contributed by atoms with Crippen LogP contribution in [0.3, 0.4) is 0 Å². The minimum absolute atomic E-state index is 0.0543. The molecule has 0 spiro atoms. The number of benzene rings is 1. The van der Waals surface area contributed by atoms with Crippen LogP contribution >= 0.6 is 0 Å². The van der Waals surface area contributed by atoms with Crippen molar-refractivity contribution in [2.24, 2.45) is 0 Å². The molecule has 5 nitrogen and oxygen atoms in total. The highest BCUT2D eigenvalue weighted by Gasteiger charge is 2.32. The van der Waals surface area contributed by atoms with Gasteiger partial charge in [0.1, 0.15) is 6.61 Å². The number of fused-ring (bicyclic) bond motifs is 1. The van der Waals surface area contributed by atoms with Gasteiger partial charge in [0.2, 0.25) is 6.10 Å². The van der Waals surface area contributed by atoms with E-state index in [1.165, 1.54) is 0 Å². The maximum absolute atomic E-state index is 12.3. The highest BCUT2D eigenvalue weighted by atomic mass is 16.6. The molecule has 1 unspecified atom stereocenters. The lowest BCUT2D eigenvalue weighted by atomic mass is 10.1. The summed E-state index contributed by atoms with van der Waals surface area (Å²) in [6.07, 6.45) is 0.407. The Labute approximate surface area is 111 Å². The molecule has 3 rings (SSSR count). The van der Waals surface area contributed by atoms with E-state index in [4.69, 9.17) is 9.47 Å². The van der Waals surface area contributed by atoms with E-state index in [-0.39, 0.29) is 18.6 Å². The number of nitrogens with zero attached hydrogens (tertiary/aromatic N) is 1. The standard InChI is InChI=1S/C14H17NO4/c16-10-5-7-15(8-6-10)14(17)13-9-18-11-3-1-2-4-12(11)19-13/h1-4,10,13,16H,5-9H2. The van der Waals surface area contributed by atoms with Gasteiger partial charge in [-0.25, -0.2) is 0 Å². The fraction of sp³-hybridized carbons (Fsp3) is 0.500. The first-order valence-electron chi connectivity index (χ1n) is 6.59. The summed E-state index contributed by atoms with van der Waals surface area (Å²) in [6.45, 7) is 1.41. The van der Waals surface area contributed by atoms with E-state index in [0.717, 1.165) is 0 Å². The molecule has 1 aromatic carbocycles. The zero-order valence-corrected chi connectivity index (χ0v) is 10.6. The van der Waals surface area contributed by atoms with E-state index >= 15 is 0 Å². The third kappa shape index (κ3) is 2.51. The molecule has 1 fully saturated rings. The maximum atomic E-state index is 12.3. The quantitative estimate of drug-likeness (QED) is 0.814. The van der Waals surface area contributed by atoms with Gasteiger partial charge in [-0.2, -0.15) is 0 Å². The summed E-state index contributed by atoms with van der Waals surface area (Å²) in [5.41, 5.74) is 0. The predicted molar refractivity (Wildman–Crippen MR) is 68.2 cm³/mol. The lowest BCUT2D eigenvalue weighted by Gasteiger charge is -2.34. The molecule has 0 aromatic heterocycles. The maximum Gasteiger partial charge on any atom is 0.267 e. The first kappa shape index (κ1) is 12.3. The summed E-state index contributed by atoms with van der Waals surface area (Å²) >= 11 is 0. The predicted octanol–water partition coefficient (Wildman–Crippen LogP) is 0.810. The van der Waals surface area contributed by atoms with Gasteiger partial charge in [-0.1, -0.05) is 12.1 Å². The van der Waals surface area contributed by atoms with Crippen LogP contribution in [0.25, 0.3) is 0 Å². The molecule has 2 heterocycles. The van der Waals surface area contributed by atoms with Crippen LogP contribution in [-0.4, -0.2) is 47.8 Å². The third-order valence-corrected chi connectivity index (χ3v) is 3.56. The number of aliphatic hydroxyl groups is 1. The first-order chi connectivity index (χ1) is 9.24. The molecule has 0 saturated carbocycles. The summed E-state index contributed by atoms with van der Waals surface area (Å²) in [4.78, 5) is 14.1. The monoisotopic (exact) mass is 263 g/mol. The molecule has 102 valence electrons. The number of para-hydroxylation sites is 2. The summed E-state index contributed by atoms with van der Waals surface area (Å²) in [5, 5.41) is 9.46. The molecule has 0 bridgehead atoms. The van der Waals surface area contributed by atoms with Gasteiger partial charge in [0.05, 0.1) is 6.10 Å². The number of piperidine rings is 1. The second-order valence-corrected chi connectivity index (χ2v) is 4.92. The summed E-state index contributed by atoms with van der Waals surface area (Å²) in [5.74, 6) is 1.24. The topological polar surface area (TPSA) is 59.0 Å². The van der Waals surface area contributed by atoms with E-state index in [0.29, 0.717) is 37.4 Å². The number of aliphatic hydroxyl groups excluding tert-OH is 1. The number of hydrogen-bond acceptors (Lipinski definition) is 4. The first-order valence-corrected chi connectivity index (χ1v) is 6.59. The molecule has 0 aliphatic carbocycles. The van der Waals surface area contributed by atoms with E-state index in [1.54, 1.807) is 11.0 Å². The minimum Gasteiger partial charge on any atom is -0.485 e. The van der Waals surface area contributed by atoms with Crippen LogP contribution in [0.2, 0.25) is 0 Å². The fourth-order valence-electron chi connectivity index (χ4n) is 2.43. The highest BCUT2D eigenvalue weighted by Crippen LogP contribution is 2.31. The Hall–Kier alpha value is -1.75. The molecule has 19 heavy (non-hydrogen) atoms. The molecule has 2 aliphatic heterocycles. The van der Waals surface area contributed by atoms with Gasteiger partial charge in [0.15, 0.2) is 11.5 Å². The van der Waals surface area contributed by atoms with Crippen molar-refractivity contribution in [2.75, 3.05) is 19.7 Å². The van der Waals surface area contributed by atoms with Gasteiger partial charge >= 0.3 is 0 Å². The lowest BCUT2D eigenvalue weighted by molar-refractivity contribution is -0.143. The molecular weight excluding hydrogens is 246 g/mol.